The van der Waals surface area contributed by atoms with Gasteiger partial charge in [0.25, 0.3) is 0 Å². The van der Waals surface area contributed by atoms with Crippen molar-refractivity contribution in [1.82, 2.24) is 0 Å². The van der Waals surface area contributed by atoms with Crippen molar-refractivity contribution >= 4 is 33.5 Å². The molecule has 0 amide bonds. The van der Waals surface area contributed by atoms with Crippen LogP contribution in [-0.4, -0.2) is 70.1 Å². The molecule has 10 heteroatoms. The summed E-state index contributed by atoms with van der Waals surface area (Å²) in [6.07, 6.45) is 5.22. The topological polar surface area (TPSA) is 89.5 Å². The van der Waals surface area contributed by atoms with E-state index < -0.39 is 38.5 Å². The zero-order chi connectivity index (χ0) is 25.5. The Bertz CT molecular complexity index is 676. The van der Waals surface area contributed by atoms with Gasteiger partial charge in [-0.15, -0.1) is 0 Å². The standard InChI is InChI=1S/C25H44O8SSi/c1-5-35(6-2,7-3)33-20(17-26)23(32-34)24-22(30-25(31-24)14-9-8-10-15-25)19-13-11-12-18(29-19)16-21(27)28-4/h17-20,22-24,34H,5-16H2,1-4H3/t18?,19-,20+,22?,23-,24?/m0/s1. The minimum Gasteiger partial charge on any atom is -0.469 e. The van der Waals surface area contributed by atoms with E-state index >= 15 is 0 Å². The average molecular weight is 533 g/mol. The molecule has 0 bridgehead atoms. The van der Waals surface area contributed by atoms with Gasteiger partial charge in [0, 0.05) is 12.8 Å². The maximum absolute atomic E-state index is 12.3. The van der Waals surface area contributed by atoms with Crippen molar-refractivity contribution in [3.63, 3.8) is 0 Å². The number of ether oxygens (including phenoxy) is 4. The van der Waals surface area contributed by atoms with E-state index in [1.807, 2.05) is 0 Å². The number of aldehydes is 1. The Morgan fingerprint density at radius 1 is 1.09 bits per heavy atom. The molecule has 202 valence electrons. The van der Waals surface area contributed by atoms with Gasteiger partial charge in [-0.05, 0) is 63.1 Å². The lowest BCUT2D eigenvalue weighted by molar-refractivity contribution is -0.211. The summed E-state index contributed by atoms with van der Waals surface area (Å²) >= 11 is 4.19. The van der Waals surface area contributed by atoms with Crippen LogP contribution in [0.4, 0.5) is 0 Å². The fraction of sp³-hybridized carbons (Fsp3) is 0.920. The first kappa shape index (κ1) is 29.1. The number of thiol groups is 1. The van der Waals surface area contributed by atoms with Crippen molar-refractivity contribution in [3.8, 4) is 0 Å². The number of carbonyl (C=O) groups excluding carboxylic acids is 2. The second-order valence-electron chi connectivity index (χ2n) is 10.2. The van der Waals surface area contributed by atoms with Gasteiger partial charge in [0.1, 0.15) is 30.7 Å². The highest BCUT2D eigenvalue weighted by Crippen LogP contribution is 2.45. The zero-order valence-electron chi connectivity index (χ0n) is 21.7. The van der Waals surface area contributed by atoms with Gasteiger partial charge in [-0.2, -0.15) is 0 Å². The highest BCUT2D eigenvalue weighted by molar-refractivity contribution is 7.75. The molecule has 0 aromatic heterocycles. The van der Waals surface area contributed by atoms with E-state index in [2.05, 4.69) is 33.7 Å². The lowest BCUT2D eigenvalue weighted by atomic mass is 9.93. The highest BCUT2D eigenvalue weighted by Gasteiger charge is 2.56. The summed E-state index contributed by atoms with van der Waals surface area (Å²) in [4.78, 5) is 24.2. The Morgan fingerprint density at radius 2 is 1.77 bits per heavy atom. The van der Waals surface area contributed by atoms with Gasteiger partial charge < -0.3 is 32.4 Å². The monoisotopic (exact) mass is 532 g/mol. The summed E-state index contributed by atoms with van der Waals surface area (Å²) in [7, 11) is -0.710. The molecule has 0 aromatic carbocycles. The van der Waals surface area contributed by atoms with Crippen LogP contribution in [0, 0.1) is 0 Å². The Morgan fingerprint density at radius 3 is 2.34 bits per heavy atom. The van der Waals surface area contributed by atoms with Gasteiger partial charge in [0.2, 0.25) is 0 Å². The lowest BCUT2D eigenvalue weighted by Gasteiger charge is -2.38. The minimum absolute atomic E-state index is 0.209. The van der Waals surface area contributed by atoms with E-state index in [9.17, 15) is 9.59 Å². The van der Waals surface area contributed by atoms with Crippen molar-refractivity contribution < 1.29 is 37.1 Å². The van der Waals surface area contributed by atoms with Crippen LogP contribution in [-0.2, 0) is 37.1 Å². The summed E-state index contributed by atoms with van der Waals surface area (Å²) in [5, 5.41) is 0. The van der Waals surface area contributed by atoms with E-state index in [1.165, 1.54) is 7.11 Å². The number of rotatable bonds is 12. The normalized spacial score (nSPS) is 30.7. The number of methoxy groups -OCH3 is 1. The van der Waals surface area contributed by atoms with E-state index in [4.69, 9.17) is 27.6 Å². The SMILES string of the molecule is CC[Si](CC)(CC)O[C@H](C=O)[C@H](OS)C1OC2(CCCCC2)OC1[C@@H]1CCCC(CC(=O)OC)O1. The molecule has 35 heavy (non-hydrogen) atoms. The predicted octanol–water partition coefficient (Wildman–Crippen LogP) is 4.75. The van der Waals surface area contributed by atoms with E-state index in [-0.39, 0.29) is 24.6 Å². The molecule has 2 heterocycles. The summed E-state index contributed by atoms with van der Waals surface area (Å²) < 4.78 is 36.8. The van der Waals surface area contributed by atoms with Crippen molar-refractivity contribution in [2.24, 2.45) is 0 Å². The number of hydrogen-bond donors (Lipinski definition) is 1. The quantitative estimate of drug-likeness (QED) is 0.127. The molecule has 6 atom stereocenters. The Kier molecular flexibility index (Phi) is 11.1. The molecule has 0 aromatic rings. The van der Waals surface area contributed by atoms with Crippen LogP contribution in [0.1, 0.15) is 78.6 Å². The maximum Gasteiger partial charge on any atom is 0.308 e. The third kappa shape index (κ3) is 6.88. The first-order valence-corrected chi connectivity index (χ1v) is 16.3. The van der Waals surface area contributed by atoms with E-state index in [1.54, 1.807) is 0 Å². The molecule has 3 unspecified atom stereocenters. The molecule has 0 N–H and O–H groups in total. The van der Waals surface area contributed by atoms with E-state index in [0.717, 1.165) is 75.8 Å². The van der Waals surface area contributed by atoms with Gasteiger partial charge in [0.05, 0.1) is 25.7 Å². The Labute approximate surface area is 216 Å². The molecule has 3 fully saturated rings. The molecule has 0 radical (unpaired) electrons. The fourth-order valence-electron chi connectivity index (χ4n) is 5.88. The molecular formula is C25H44O8SSi. The van der Waals surface area contributed by atoms with Gasteiger partial charge in [-0.25, -0.2) is 0 Å². The van der Waals surface area contributed by atoms with Crippen LogP contribution in [0.2, 0.25) is 18.1 Å². The van der Waals surface area contributed by atoms with Crippen LogP contribution >= 0.6 is 12.9 Å². The first-order chi connectivity index (χ1) is 16.9. The van der Waals surface area contributed by atoms with Crippen LogP contribution in [0.15, 0.2) is 0 Å². The zero-order valence-corrected chi connectivity index (χ0v) is 23.6. The molecule has 1 spiro atoms. The summed E-state index contributed by atoms with van der Waals surface area (Å²) in [6, 6.07) is 2.75. The molecule has 3 aliphatic rings. The fourth-order valence-corrected chi connectivity index (χ4v) is 8.89. The lowest BCUT2D eigenvalue weighted by Crippen LogP contribution is -2.54. The van der Waals surface area contributed by atoms with Gasteiger partial charge in [-0.1, -0.05) is 27.2 Å². The molecular weight excluding hydrogens is 488 g/mol. The molecule has 1 aliphatic carbocycles. The predicted molar refractivity (Wildman–Crippen MR) is 137 cm³/mol. The van der Waals surface area contributed by atoms with Crippen molar-refractivity contribution in [3.05, 3.63) is 0 Å². The first-order valence-electron chi connectivity index (χ1n) is 13.4. The number of carbonyl (C=O) groups is 2. The highest BCUT2D eigenvalue weighted by atomic mass is 32.1. The average Bonchev–Trinajstić information content (AvgIpc) is 3.25. The van der Waals surface area contributed by atoms with Crippen LogP contribution < -0.4 is 0 Å². The van der Waals surface area contributed by atoms with Gasteiger partial charge in [-0.3, -0.25) is 4.79 Å². The minimum atomic E-state index is -2.10. The molecule has 1 saturated carbocycles. The van der Waals surface area contributed by atoms with Crippen molar-refractivity contribution in [2.45, 2.75) is 139 Å². The van der Waals surface area contributed by atoms with Gasteiger partial charge in [0.15, 0.2) is 14.1 Å². The molecule has 3 rings (SSSR count). The van der Waals surface area contributed by atoms with E-state index in [0.29, 0.717) is 0 Å². The largest absolute Gasteiger partial charge is 0.469 e. The molecule has 8 nitrogen and oxygen atoms in total. The van der Waals surface area contributed by atoms with Gasteiger partial charge >= 0.3 is 5.97 Å². The maximum atomic E-state index is 12.3. The Balaban J connectivity index is 1.86. The Hall–Kier alpha value is -0.493. The van der Waals surface area contributed by atoms with Crippen LogP contribution in [0.25, 0.3) is 0 Å². The number of hydrogen-bond acceptors (Lipinski definition) is 9. The second kappa shape index (κ2) is 13.3. The summed E-state index contributed by atoms with van der Waals surface area (Å²) in [5.41, 5.74) is 0. The molecule has 2 aliphatic heterocycles. The summed E-state index contributed by atoms with van der Waals surface area (Å²) in [5.74, 6) is -0.996. The third-order valence-corrected chi connectivity index (χ3v) is 13.1. The summed E-state index contributed by atoms with van der Waals surface area (Å²) in [6.45, 7) is 6.39. The smallest absolute Gasteiger partial charge is 0.308 e. The number of esters is 1. The third-order valence-electron chi connectivity index (χ3n) is 8.23. The molecule has 2 saturated heterocycles. The van der Waals surface area contributed by atoms with Crippen molar-refractivity contribution in [2.75, 3.05) is 7.11 Å². The second-order valence-corrected chi connectivity index (χ2v) is 15.1. The van der Waals surface area contributed by atoms with Crippen LogP contribution in [0.5, 0.6) is 0 Å². The van der Waals surface area contributed by atoms with Crippen molar-refractivity contribution in [1.29, 1.82) is 0 Å². The van der Waals surface area contributed by atoms with Crippen LogP contribution in [0.3, 0.4) is 0 Å².